The molecule has 1 aromatic rings. The van der Waals surface area contributed by atoms with Crippen molar-refractivity contribution < 1.29 is 18.7 Å². The third kappa shape index (κ3) is 3.70. The molecule has 5 heteroatoms. The van der Waals surface area contributed by atoms with E-state index in [1.54, 1.807) is 6.07 Å². The maximum absolute atomic E-state index is 13.1. The monoisotopic (exact) mass is 345 g/mol. The third-order valence-corrected chi connectivity index (χ3v) is 6.16. The zero-order valence-electron chi connectivity index (χ0n) is 14.3. The number of nitrogens with one attached hydrogen (secondary N) is 1. The maximum Gasteiger partial charge on any atom is 0.306 e. The van der Waals surface area contributed by atoms with Crippen molar-refractivity contribution in [2.45, 2.75) is 44.9 Å². The van der Waals surface area contributed by atoms with E-state index in [9.17, 15) is 14.0 Å². The topological polar surface area (TPSA) is 55.4 Å². The summed E-state index contributed by atoms with van der Waals surface area (Å²) in [5, 5.41) is 2.54. The van der Waals surface area contributed by atoms with Gasteiger partial charge in [0.15, 0.2) is 6.61 Å². The molecule has 0 atom stereocenters. The van der Waals surface area contributed by atoms with Gasteiger partial charge in [0.05, 0.1) is 6.42 Å². The standard InChI is InChI=1S/C20H24FNO3/c21-16-2-1-3-17(7-16)22-18(23)12-25-19(24)11-20-8-13-4-14(9-20)6-15(5-13)10-20/h1-3,7,13-15H,4-6,8-12H2,(H,22,23). The molecule has 4 aliphatic rings. The molecule has 0 unspecified atom stereocenters. The quantitative estimate of drug-likeness (QED) is 0.823. The van der Waals surface area contributed by atoms with Crippen LogP contribution in [-0.4, -0.2) is 18.5 Å². The van der Waals surface area contributed by atoms with Gasteiger partial charge in [-0.2, -0.15) is 0 Å². The molecule has 134 valence electrons. The van der Waals surface area contributed by atoms with Crippen molar-refractivity contribution in [3.63, 3.8) is 0 Å². The van der Waals surface area contributed by atoms with E-state index in [1.165, 1.54) is 37.5 Å². The Morgan fingerprint density at radius 3 is 2.36 bits per heavy atom. The SMILES string of the molecule is O=C(COC(=O)CC12CC3CC(CC(C3)C1)C2)Nc1cccc(F)c1. The number of anilines is 1. The molecule has 0 saturated heterocycles. The minimum atomic E-state index is -0.440. The minimum absolute atomic E-state index is 0.116. The van der Waals surface area contributed by atoms with E-state index in [0.717, 1.165) is 37.0 Å². The van der Waals surface area contributed by atoms with Crippen molar-refractivity contribution in [1.82, 2.24) is 0 Å². The van der Waals surface area contributed by atoms with Gasteiger partial charge >= 0.3 is 5.97 Å². The van der Waals surface area contributed by atoms with Crippen LogP contribution in [0.4, 0.5) is 10.1 Å². The molecule has 0 heterocycles. The number of benzene rings is 1. The number of hydrogen-bond donors (Lipinski definition) is 1. The lowest BCUT2D eigenvalue weighted by atomic mass is 9.49. The molecule has 0 radical (unpaired) electrons. The van der Waals surface area contributed by atoms with E-state index in [-0.39, 0.29) is 18.0 Å². The molecule has 0 aromatic heterocycles. The predicted molar refractivity (Wildman–Crippen MR) is 91.2 cm³/mol. The highest BCUT2D eigenvalue weighted by Gasteiger charge is 2.51. The predicted octanol–water partition coefficient (Wildman–Crippen LogP) is 3.91. The van der Waals surface area contributed by atoms with Gasteiger partial charge in [-0.1, -0.05) is 6.07 Å². The Balaban J connectivity index is 1.27. The van der Waals surface area contributed by atoms with Crippen LogP contribution < -0.4 is 5.32 Å². The summed E-state index contributed by atoms with van der Waals surface area (Å²) < 4.78 is 18.3. The summed E-state index contributed by atoms with van der Waals surface area (Å²) in [6, 6.07) is 5.65. The summed E-state index contributed by atoms with van der Waals surface area (Å²) in [4.78, 5) is 24.2. The number of carbonyl (C=O) groups is 2. The summed E-state index contributed by atoms with van der Waals surface area (Å²) in [5.41, 5.74) is 0.479. The molecule has 0 spiro atoms. The molecule has 4 nitrogen and oxygen atoms in total. The Bertz CT molecular complexity index is 652. The van der Waals surface area contributed by atoms with Gasteiger partial charge in [0, 0.05) is 5.69 Å². The van der Waals surface area contributed by atoms with E-state index < -0.39 is 11.7 Å². The van der Waals surface area contributed by atoms with Crippen molar-refractivity contribution in [2.75, 3.05) is 11.9 Å². The molecule has 4 saturated carbocycles. The maximum atomic E-state index is 13.1. The highest BCUT2D eigenvalue weighted by Crippen LogP contribution is 2.61. The van der Waals surface area contributed by atoms with Gasteiger partial charge < -0.3 is 10.1 Å². The van der Waals surface area contributed by atoms with Gasteiger partial charge in [-0.05, 0) is 79.9 Å². The fourth-order valence-corrected chi connectivity index (χ4v) is 5.77. The van der Waals surface area contributed by atoms with E-state index in [4.69, 9.17) is 4.74 Å². The van der Waals surface area contributed by atoms with Crippen LogP contribution in [0, 0.1) is 29.0 Å². The highest BCUT2D eigenvalue weighted by atomic mass is 19.1. The number of ether oxygens (including phenoxy) is 1. The smallest absolute Gasteiger partial charge is 0.306 e. The summed E-state index contributed by atoms with van der Waals surface area (Å²) in [7, 11) is 0. The number of esters is 1. The van der Waals surface area contributed by atoms with E-state index in [2.05, 4.69) is 5.32 Å². The molecule has 1 aromatic carbocycles. The first-order chi connectivity index (χ1) is 12.0. The second-order valence-electron chi connectivity index (χ2n) is 8.31. The average molecular weight is 345 g/mol. The lowest BCUT2D eigenvalue weighted by Gasteiger charge is -2.56. The number of hydrogen-bond acceptors (Lipinski definition) is 3. The zero-order chi connectivity index (χ0) is 17.4. The van der Waals surface area contributed by atoms with Gasteiger partial charge in [-0.3, -0.25) is 9.59 Å². The molecular formula is C20H24FNO3. The van der Waals surface area contributed by atoms with Crippen LogP contribution in [-0.2, 0) is 14.3 Å². The largest absolute Gasteiger partial charge is 0.456 e. The molecule has 0 aliphatic heterocycles. The first-order valence-electron chi connectivity index (χ1n) is 9.21. The summed E-state index contributed by atoms with van der Waals surface area (Å²) in [6.07, 6.45) is 7.87. The van der Waals surface area contributed by atoms with Gasteiger partial charge in [0.25, 0.3) is 5.91 Å². The molecule has 1 N–H and O–H groups in total. The summed E-state index contributed by atoms with van der Waals surface area (Å²) >= 11 is 0. The van der Waals surface area contributed by atoms with Crippen molar-refractivity contribution in [1.29, 1.82) is 0 Å². The number of carbonyl (C=O) groups excluding carboxylic acids is 2. The van der Waals surface area contributed by atoms with Crippen LogP contribution in [0.25, 0.3) is 0 Å². The molecule has 4 bridgehead atoms. The Morgan fingerprint density at radius 1 is 1.12 bits per heavy atom. The first kappa shape index (κ1) is 16.6. The van der Waals surface area contributed by atoms with Gasteiger partial charge in [-0.15, -0.1) is 0 Å². The van der Waals surface area contributed by atoms with E-state index >= 15 is 0 Å². The Kier molecular flexibility index (Phi) is 4.26. The van der Waals surface area contributed by atoms with Crippen molar-refractivity contribution in [2.24, 2.45) is 23.2 Å². The molecule has 4 aliphatic carbocycles. The van der Waals surface area contributed by atoms with Crippen LogP contribution in [0.3, 0.4) is 0 Å². The summed E-state index contributed by atoms with van der Waals surface area (Å²) in [6.45, 7) is -0.318. The Labute approximate surface area is 147 Å². The average Bonchev–Trinajstić information content (AvgIpc) is 2.51. The number of amides is 1. The second kappa shape index (κ2) is 6.43. The van der Waals surface area contributed by atoms with Crippen LogP contribution in [0.5, 0.6) is 0 Å². The van der Waals surface area contributed by atoms with Crippen molar-refractivity contribution in [3.8, 4) is 0 Å². The Morgan fingerprint density at radius 2 is 1.76 bits per heavy atom. The normalized spacial score (nSPS) is 32.4. The fraction of sp³-hybridized carbons (Fsp3) is 0.600. The van der Waals surface area contributed by atoms with Crippen LogP contribution in [0.1, 0.15) is 44.9 Å². The van der Waals surface area contributed by atoms with E-state index in [0.29, 0.717) is 12.1 Å². The summed E-state index contributed by atoms with van der Waals surface area (Å²) in [5.74, 6) is 1.22. The van der Waals surface area contributed by atoms with Crippen molar-refractivity contribution >= 4 is 17.6 Å². The molecular weight excluding hydrogens is 321 g/mol. The number of rotatable bonds is 5. The minimum Gasteiger partial charge on any atom is -0.456 e. The van der Waals surface area contributed by atoms with Crippen LogP contribution in [0.2, 0.25) is 0 Å². The van der Waals surface area contributed by atoms with E-state index in [1.807, 2.05) is 0 Å². The lowest BCUT2D eigenvalue weighted by Crippen LogP contribution is -2.47. The molecule has 1 amide bonds. The molecule has 4 fully saturated rings. The molecule has 5 rings (SSSR count). The number of halogens is 1. The third-order valence-electron chi connectivity index (χ3n) is 6.16. The zero-order valence-corrected chi connectivity index (χ0v) is 14.3. The van der Waals surface area contributed by atoms with Crippen LogP contribution in [0.15, 0.2) is 24.3 Å². The van der Waals surface area contributed by atoms with Gasteiger partial charge in [0.1, 0.15) is 5.82 Å². The highest BCUT2D eigenvalue weighted by molar-refractivity contribution is 5.92. The first-order valence-corrected chi connectivity index (χ1v) is 9.21. The van der Waals surface area contributed by atoms with Crippen molar-refractivity contribution in [3.05, 3.63) is 30.1 Å². The molecule has 25 heavy (non-hydrogen) atoms. The fourth-order valence-electron chi connectivity index (χ4n) is 5.77. The second-order valence-corrected chi connectivity index (χ2v) is 8.31. The van der Waals surface area contributed by atoms with Gasteiger partial charge in [-0.25, -0.2) is 4.39 Å². The van der Waals surface area contributed by atoms with Crippen LogP contribution >= 0.6 is 0 Å². The Hall–Kier alpha value is -1.91. The lowest BCUT2D eigenvalue weighted by molar-refractivity contribution is -0.154. The van der Waals surface area contributed by atoms with Gasteiger partial charge in [0.2, 0.25) is 0 Å².